The first-order valence-corrected chi connectivity index (χ1v) is 6.94. The van der Waals surface area contributed by atoms with Crippen LogP contribution in [-0.2, 0) is 11.2 Å². The van der Waals surface area contributed by atoms with Crippen molar-refractivity contribution in [3.8, 4) is 0 Å². The van der Waals surface area contributed by atoms with Crippen LogP contribution in [0.15, 0.2) is 18.2 Å². The van der Waals surface area contributed by atoms with Gasteiger partial charge in [0.25, 0.3) is 0 Å². The summed E-state index contributed by atoms with van der Waals surface area (Å²) >= 11 is 0. The zero-order valence-corrected chi connectivity index (χ0v) is 11.5. The number of hydrogen-bond acceptors (Lipinski definition) is 2. The SMILES string of the molecule is Cc1cccc(C)c1CC(=O)CCC1CCNC1. The molecule has 1 aliphatic heterocycles. The first-order chi connectivity index (χ1) is 8.66. The highest BCUT2D eigenvalue weighted by Crippen LogP contribution is 2.18. The molecular formula is C16H23NO. The Kier molecular flexibility index (Phi) is 4.54. The van der Waals surface area contributed by atoms with Crippen LogP contribution in [0.2, 0.25) is 0 Å². The van der Waals surface area contributed by atoms with E-state index in [1.54, 1.807) is 0 Å². The van der Waals surface area contributed by atoms with Gasteiger partial charge in [-0.25, -0.2) is 0 Å². The molecule has 0 spiro atoms. The fraction of sp³-hybridized carbons (Fsp3) is 0.562. The van der Waals surface area contributed by atoms with E-state index in [-0.39, 0.29) is 0 Å². The number of nitrogens with one attached hydrogen (secondary N) is 1. The number of benzene rings is 1. The van der Waals surface area contributed by atoms with E-state index in [4.69, 9.17) is 0 Å². The topological polar surface area (TPSA) is 29.1 Å². The summed E-state index contributed by atoms with van der Waals surface area (Å²) in [5.74, 6) is 1.10. The van der Waals surface area contributed by atoms with E-state index in [0.29, 0.717) is 18.1 Å². The molecule has 1 saturated heterocycles. The Hall–Kier alpha value is -1.15. The maximum atomic E-state index is 12.1. The van der Waals surface area contributed by atoms with Gasteiger partial charge < -0.3 is 5.32 Å². The number of rotatable bonds is 5. The van der Waals surface area contributed by atoms with Crippen LogP contribution in [0.3, 0.4) is 0 Å². The summed E-state index contributed by atoms with van der Waals surface area (Å²) in [6, 6.07) is 6.25. The number of ketones is 1. The summed E-state index contributed by atoms with van der Waals surface area (Å²) in [4.78, 5) is 12.1. The largest absolute Gasteiger partial charge is 0.316 e. The van der Waals surface area contributed by atoms with Gasteiger partial charge >= 0.3 is 0 Å². The lowest BCUT2D eigenvalue weighted by Crippen LogP contribution is -2.12. The fourth-order valence-corrected chi connectivity index (χ4v) is 2.74. The first-order valence-electron chi connectivity index (χ1n) is 6.94. The highest BCUT2D eigenvalue weighted by Gasteiger charge is 2.16. The molecule has 1 aliphatic rings. The van der Waals surface area contributed by atoms with Crippen LogP contribution in [0, 0.1) is 19.8 Å². The van der Waals surface area contributed by atoms with E-state index in [2.05, 4.69) is 37.4 Å². The second-order valence-corrected chi connectivity index (χ2v) is 5.48. The summed E-state index contributed by atoms with van der Waals surface area (Å²) in [7, 11) is 0. The summed E-state index contributed by atoms with van der Waals surface area (Å²) in [6.45, 7) is 6.40. The molecule has 0 aromatic heterocycles. The van der Waals surface area contributed by atoms with Gasteiger partial charge in [0.1, 0.15) is 5.78 Å². The molecule has 2 rings (SSSR count). The van der Waals surface area contributed by atoms with Crippen molar-refractivity contribution in [2.24, 2.45) is 5.92 Å². The molecule has 1 aromatic carbocycles. The molecule has 98 valence electrons. The maximum Gasteiger partial charge on any atom is 0.137 e. The maximum absolute atomic E-state index is 12.1. The molecule has 0 saturated carbocycles. The third-order valence-corrected chi connectivity index (χ3v) is 4.01. The Morgan fingerprint density at radius 1 is 1.33 bits per heavy atom. The molecule has 1 aromatic rings. The van der Waals surface area contributed by atoms with Gasteiger partial charge in [-0.15, -0.1) is 0 Å². The van der Waals surface area contributed by atoms with E-state index in [0.717, 1.165) is 25.9 Å². The van der Waals surface area contributed by atoms with Crippen molar-refractivity contribution < 1.29 is 4.79 Å². The predicted molar refractivity (Wildman–Crippen MR) is 74.8 cm³/mol. The lowest BCUT2D eigenvalue weighted by Gasteiger charge is -2.10. The lowest BCUT2D eigenvalue weighted by molar-refractivity contribution is -0.118. The first kappa shape index (κ1) is 13.3. The van der Waals surface area contributed by atoms with Crippen molar-refractivity contribution in [1.82, 2.24) is 5.32 Å². The van der Waals surface area contributed by atoms with Gasteiger partial charge in [0, 0.05) is 12.8 Å². The van der Waals surface area contributed by atoms with E-state index in [1.165, 1.54) is 23.1 Å². The van der Waals surface area contributed by atoms with Crippen molar-refractivity contribution in [1.29, 1.82) is 0 Å². The number of carbonyl (C=O) groups excluding carboxylic acids is 1. The van der Waals surface area contributed by atoms with Crippen LogP contribution in [0.25, 0.3) is 0 Å². The molecule has 2 heteroatoms. The minimum atomic E-state index is 0.388. The van der Waals surface area contributed by atoms with E-state index in [9.17, 15) is 4.79 Å². The van der Waals surface area contributed by atoms with Crippen LogP contribution in [-0.4, -0.2) is 18.9 Å². The van der Waals surface area contributed by atoms with Crippen LogP contribution >= 0.6 is 0 Å². The van der Waals surface area contributed by atoms with E-state index < -0.39 is 0 Å². The fourth-order valence-electron chi connectivity index (χ4n) is 2.74. The van der Waals surface area contributed by atoms with Crippen molar-refractivity contribution in [3.63, 3.8) is 0 Å². The highest BCUT2D eigenvalue weighted by atomic mass is 16.1. The molecule has 0 bridgehead atoms. The summed E-state index contributed by atoms with van der Waals surface area (Å²) in [5, 5.41) is 3.35. The minimum Gasteiger partial charge on any atom is -0.316 e. The van der Waals surface area contributed by atoms with E-state index in [1.807, 2.05) is 0 Å². The van der Waals surface area contributed by atoms with Crippen LogP contribution in [0.1, 0.15) is 36.0 Å². The Morgan fingerprint density at radius 3 is 2.67 bits per heavy atom. The average Bonchev–Trinajstić information content (AvgIpc) is 2.84. The number of hydrogen-bond donors (Lipinski definition) is 1. The van der Waals surface area contributed by atoms with Gasteiger partial charge in [-0.05, 0) is 62.4 Å². The summed E-state index contributed by atoms with van der Waals surface area (Å²) < 4.78 is 0. The van der Waals surface area contributed by atoms with Crippen molar-refractivity contribution in [2.75, 3.05) is 13.1 Å². The van der Waals surface area contributed by atoms with Gasteiger partial charge in [0.15, 0.2) is 0 Å². The molecule has 1 unspecified atom stereocenters. The molecule has 1 heterocycles. The Balaban J connectivity index is 1.86. The Morgan fingerprint density at radius 2 is 2.06 bits per heavy atom. The molecule has 18 heavy (non-hydrogen) atoms. The minimum absolute atomic E-state index is 0.388. The van der Waals surface area contributed by atoms with Crippen LogP contribution in [0.4, 0.5) is 0 Å². The third-order valence-electron chi connectivity index (χ3n) is 4.01. The Bertz CT molecular complexity index is 399. The molecule has 1 fully saturated rings. The van der Waals surface area contributed by atoms with Crippen molar-refractivity contribution in [2.45, 2.75) is 39.5 Å². The third kappa shape index (κ3) is 3.42. The van der Waals surface area contributed by atoms with Gasteiger partial charge in [-0.2, -0.15) is 0 Å². The summed E-state index contributed by atoms with van der Waals surface area (Å²) in [6.07, 6.45) is 3.63. The highest BCUT2D eigenvalue weighted by molar-refractivity contribution is 5.81. The second-order valence-electron chi connectivity index (χ2n) is 5.48. The van der Waals surface area contributed by atoms with E-state index >= 15 is 0 Å². The molecule has 0 amide bonds. The van der Waals surface area contributed by atoms with Gasteiger partial charge in [-0.1, -0.05) is 18.2 Å². The molecule has 1 N–H and O–H groups in total. The second kappa shape index (κ2) is 6.14. The number of carbonyl (C=O) groups is 1. The molecule has 2 nitrogen and oxygen atoms in total. The van der Waals surface area contributed by atoms with Crippen LogP contribution in [0.5, 0.6) is 0 Å². The summed E-state index contributed by atoms with van der Waals surface area (Å²) in [5.41, 5.74) is 3.71. The van der Waals surface area contributed by atoms with Gasteiger partial charge in [-0.3, -0.25) is 4.79 Å². The average molecular weight is 245 g/mol. The smallest absolute Gasteiger partial charge is 0.137 e. The molecule has 0 aliphatic carbocycles. The van der Waals surface area contributed by atoms with Crippen LogP contribution < -0.4 is 5.32 Å². The van der Waals surface area contributed by atoms with Gasteiger partial charge in [0.05, 0.1) is 0 Å². The number of aryl methyl sites for hydroxylation is 2. The Labute approximate surface area is 110 Å². The zero-order valence-electron chi connectivity index (χ0n) is 11.5. The van der Waals surface area contributed by atoms with Crippen molar-refractivity contribution in [3.05, 3.63) is 34.9 Å². The molecule has 1 atom stereocenters. The normalized spacial score (nSPS) is 19.1. The molecular weight excluding hydrogens is 222 g/mol. The monoisotopic (exact) mass is 245 g/mol. The quantitative estimate of drug-likeness (QED) is 0.864. The predicted octanol–water partition coefficient (Wildman–Crippen LogP) is 2.80. The standard InChI is InChI=1S/C16H23NO/c1-12-4-3-5-13(2)16(12)10-15(18)7-6-14-8-9-17-11-14/h3-5,14,17H,6-11H2,1-2H3. The number of Topliss-reactive ketones (excluding diaryl/α,β-unsaturated/α-hetero) is 1. The van der Waals surface area contributed by atoms with Gasteiger partial charge in [0.2, 0.25) is 0 Å². The lowest BCUT2D eigenvalue weighted by atomic mass is 9.94. The van der Waals surface area contributed by atoms with Crippen molar-refractivity contribution >= 4 is 5.78 Å². The zero-order chi connectivity index (χ0) is 13.0. The molecule has 0 radical (unpaired) electrons.